The summed E-state index contributed by atoms with van der Waals surface area (Å²) in [7, 11) is 2.03. The van der Waals surface area contributed by atoms with E-state index < -0.39 is 11.7 Å². The van der Waals surface area contributed by atoms with Crippen LogP contribution in [-0.4, -0.2) is 50.3 Å². The number of hydrogen-bond acceptors (Lipinski definition) is 3. The SMILES string of the molecule is CN1CC2OCCN(c3ccc(C(F)(F)F)cc3)C2C1. The van der Waals surface area contributed by atoms with Crippen LogP contribution in [0, 0.1) is 0 Å². The predicted octanol–water partition coefficient (Wildman–Crippen LogP) is 2.22. The summed E-state index contributed by atoms with van der Waals surface area (Å²) in [4.78, 5) is 4.36. The molecule has 2 aliphatic rings. The predicted molar refractivity (Wildman–Crippen MR) is 69.8 cm³/mol. The van der Waals surface area contributed by atoms with Crippen molar-refractivity contribution in [1.82, 2.24) is 4.90 Å². The smallest absolute Gasteiger partial charge is 0.373 e. The number of ether oxygens (including phenoxy) is 1. The van der Waals surface area contributed by atoms with E-state index in [9.17, 15) is 13.2 Å². The first-order chi connectivity index (χ1) is 9.45. The van der Waals surface area contributed by atoms with Gasteiger partial charge in [-0.15, -0.1) is 0 Å². The molecule has 0 amide bonds. The quantitative estimate of drug-likeness (QED) is 0.787. The zero-order valence-electron chi connectivity index (χ0n) is 11.2. The van der Waals surface area contributed by atoms with Crippen molar-refractivity contribution < 1.29 is 17.9 Å². The molecule has 0 aromatic heterocycles. The summed E-state index contributed by atoms with van der Waals surface area (Å²) in [6.07, 6.45) is -4.13. The van der Waals surface area contributed by atoms with Gasteiger partial charge < -0.3 is 14.5 Å². The van der Waals surface area contributed by atoms with E-state index in [2.05, 4.69) is 9.80 Å². The van der Waals surface area contributed by atoms with Gasteiger partial charge in [-0.1, -0.05) is 0 Å². The third-order valence-corrected chi connectivity index (χ3v) is 4.01. The van der Waals surface area contributed by atoms with E-state index in [1.54, 1.807) is 12.1 Å². The number of anilines is 1. The van der Waals surface area contributed by atoms with Crippen LogP contribution in [0.15, 0.2) is 24.3 Å². The Morgan fingerprint density at radius 3 is 2.50 bits per heavy atom. The maximum atomic E-state index is 12.6. The minimum absolute atomic E-state index is 0.149. The first-order valence-electron chi connectivity index (χ1n) is 6.69. The summed E-state index contributed by atoms with van der Waals surface area (Å²) in [5.74, 6) is 0. The maximum Gasteiger partial charge on any atom is 0.416 e. The number of likely N-dealkylation sites (N-methyl/N-ethyl adjacent to an activating group) is 1. The molecule has 0 bridgehead atoms. The van der Waals surface area contributed by atoms with Crippen LogP contribution >= 0.6 is 0 Å². The van der Waals surface area contributed by atoms with E-state index >= 15 is 0 Å². The van der Waals surface area contributed by atoms with Crippen molar-refractivity contribution in [3.05, 3.63) is 29.8 Å². The number of hydrogen-bond donors (Lipinski definition) is 0. The molecule has 2 aliphatic heterocycles. The third-order valence-electron chi connectivity index (χ3n) is 4.01. The van der Waals surface area contributed by atoms with E-state index in [1.165, 1.54) is 0 Å². The first-order valence-corrected chi connectivity index (χ1v) is 6.69. The minimum atomic E-state index is -4.28. The fraction of sp³-hybridized carbons (Fsp3) is 0.571. The Morgan fingerprint density at radius 2 is 1.85 bits per heavy atom. The van der Waals surface area contributed by atoms with Crippen LogP contribution in [-0.2, 0) is 10.9 Å². The zero-order valence-corrected chi connectivity index (χ0v) is 11.2. The molecule has 110 valence electrons. The molecule has 0 radical (unpaired) electrons. The molecule has 2 fully saturated rings. The minimum Gasteiger partial charge on any atom is -0.373 e. The molecule has 2 atom stereocenters. The van der Waals surface area contributed by atoms with Crippen LogP contribution in [0.3, 0.4) is 0 Å². The third kappa shape index (κ3) is 2.50. The van der Waals surface area contributed by atoms with E-state index in [0.717, 1.165) is 37.5 Å². The normalized spacial score (nSPS) is 27.7. The van der Waals surface area contributed by atoms with Gasteiger partial charge in [0.25, 0.3) is 0 Å². The Hall–Kier alpha value is -1.27. The van der Waals surface area contributed by atoms with Gasteiger partial charge in [-0.2, -0.15) is 13.2 Å². The van der Waals surface area contributed by atoms with Crippen LogP contribution in [0.2, 0.25) is 0 Å². The Morgan fingerprint density at radius 1 is 1.15 bits per heavy atom. The van der Waals surface area contributed by atoms with Crippen LogP contribution in [0.25, 0.3) is 0 Å². The summed E-state index contributed by atoms with van der Waals surface area (Å²) in [5, 5.41) is 0. The van der Waals surface area contributed by atoms with Crippen LogP contribution in [0.1, 0.15) is 5.56 Å². The number of halogens is 3. The summed E-state index contributed by atoms with van der Waals surface area (Å²) >= 11 is 0. The molecule has 0 spiro atoms. The van der Waals surface area contributed by atoms with Gasteiger partial charge in [-0.3, -0.25) is 0 Å². The zero-order chi connectivity index (χ0) is 14.3. The number of alkyl halides is 3. The van der Waals surface area contributed by atoms with Gasteiger partial charge in [0, 0.05) is 25.3 Å². The molecule has 20 heavy (non-hydrogen) atoms. The molecule has 0 saturated carbocycles. The van der Waals surface area contributed by atoms with Crippen LogP contribution in [0.4, 0.5) is 18.9 Å². The number of rotatable bonds is 1. The Bertz CT molecular complexity index is 474. The Kier molecular flexibility index (Phi) is 3.38. The molecule has 2 unspecified atom stereocenters. The second-order valence-electron chi connectivity index (χ2n) is 5.44. The van der Waals surface area contributed by atoms with Crippen molar-refractivity contribution in [1.29, 1.82) is 0 Å². The van der Waals surface area contributed by atoms with Crippen molar-refractivity contribution in [2.75, 3.05) is 38.2 Å². The monoisotopic (exact) mass is 286 g/mol. The molecule has 3 nitrogen and oxygen atoms in total. The Labute approximate surface area is 115 Å². The highest BCUT2D eigenvalue weighted by Crippen LogP contribution is 2.32. The van der Waals surface area contributed by atoms with E-state index in [-0.39, 0.29) is 12.1 Å². The van der Waals surface area contributed by atoms with Gasteiger partial charge in [0.1, 0.15) is 0 Å². The second-order valence-corrected chi connectivity index (χ2v) is 5.44. The molecule has 0 N–H and O–H groups in total. The fourth-order valence-corrected chi connectivity index (χ4v) is 3.03. The van der Waals surface area contributed by atoms with Gasteiger partial charge >= 0.3 is 6.18 Å². The van der Waals surface area contributed by atoms with Gasteiger partial charge in [0.05, 0.1) is 24.3 Å². The highest BCUT2D eigenvalue weighted by molar-refractivity contribution is 5.50. The summed E-state index contributed by atoms with van der Waals surface area (Å²) in [5.41, 5.74) is 0.237. The standard InChI is InChI=1S/C14H17F3N2O/c1-18-8-12-13(9-18)20-7-6-19(12)11-4-2-10(3-5-11)14(15,16)17/h2-5,12-13H,6-9H2,1H3. The number of fused-ring (bicyclic) bond motifs is 1. The lowest BCUT2D eigenvalue weighted by molar-refractivity contribution is -0.137. The molecular weight excluding hydrogens is 269 g/mol. The summed E-state index contributed by atoms with van der Waals surface area (Å²) in [6, 6.07) is 5.65. The molecule has 1 aromatic carbocycles. The summed E-state index contributed by atoms with van der Waals surface area (Å²) < 4.78 is 43.5. The van der Waals surface area contributed by atoms with Crippen molar-refractivity contribution in [3.8, 4) is 0 Å². The van der Waals surface area contributed by atoms with E-state index in [0.29, 0.717) is 6.61 Å². The lowest BCUT2D eigenvalue weighted by Gasteiger charge is -2.38. The van der Waals surface area contributed by atoms with Crippen molar-refractivity contribution >= 4 is 5.69 Å². The second kappa shape index (κ2) is 4.93. The largest absolute Gasteiger partial charge is 0.416 e. The van der Waals surface area contributed by atoms with Crippen LogP contribution < -0.4 is 4.90 Å². The average Bonchev–Trinajstić information content (AvgIpc) is 2.78. The van der Waals surface area contributed by atoms with Crippen LogP contribution in [0.5, 0.6) is 0 Å². The maximum absolute atomic E-state index is 12.6. The van der Waals surface area contributed by atoms with Gasteiger partial charge in [0.2, 0.25) is 0 Å². The number of likely N-dealkylation sites (tertiary alicyclic amines) is 1. The van der Waals surface area contributed by atoms with Gasteiger partial charge in [0.15, 0.2) is 0 Å². The lowest BCUT2D eigenvalue weighted by Crippen LogP contribution is -2.50. The van der Waals surface area contributed by atoms with Crippen molar-refractivity contribution in [3.63, 3.8) is 0 Å². The molecular formula is C14H17F3N2O. The summed E-state index contributed by atoms with van der Waals surface area (Å²) in [6.45, 7) is 3.10. The van der Waals surface area contributed by atoms with Crippen molar-refractivity contribution in [2.24, 2.45) is 0 Å². The molecule has 2 saturated heterocycles. The average molecular weight is 286 g/mol. The topological polar surface area (TPSA) is 15.7 Å². The highest BCUT2D eigenvalue weighted by atomic mass is 19.4. The molecule has 0 aliphatic carbocycles. The Balaban J connectivity index is 1.81. The number of morpholine rings is 1. The number of nitrogens with zero attached hydrogens (tertiary/aromatic N) is 2. The van der Waals surface area contributed by atoms with Gasteiger partial charge in [-0.05, 0) is 31.3 Å². The van der Waals surface area contributed by atoms with E-state index in [4.69, 9.17) is 4.74 Å². The van der Waals surface area contributed by atoms with Crippen molar-refractivity contribution in [2.45, 2.75) is 18.3 Å². The molecule has 1 aromatic rings. The van der Waals surface area contributed by atoms with Gasteiger partial charge in [-0.25, -0.2) is 0 Å². The highest BCUT2D eigenvalue weighted by Gasteiger charge is 2.39. The fourth-order valence-electron chi connectivity index (χ4n) is 3.03. The lowest BCUT2D eigenvalue weighted by atomic mass is 10.1. The van der Waals surface area contributed by atoms with E-state index in [1.807, 2.05) is 7.05 Å². The first kappa shape index (κ1) is 13.7. The number of benzene rings is 1. The molecule has 2 heterocycles. The molecule has 6 heteroatoms. The molecule has 3 rings (SSSR count).